The first-order chi connectivity index (χ1) is 6.29. The summed E-state index contributed by atoms with van der Waals surface area (Å²) in [6, 6.07) is 0. The van der Waals surface area contributed by atoms with Crippen LogP contribution in [0.5, 0.6) is 0 Å². The molecule has 0 radical (unpaired) electrons. The first-order valence-corrected chi connectivity index (χ1v) is 4.28. The second-order valence-electron chi connectivity index (χ2n) is 2.61. The molecule has 5 nitrogen and oxygen atoms in total. The molecule has 0 spiro atoms. The van der Waals surface area contributed by atoms with Gasteiger partial charge in [-0.15, -0.1) is 0 Å². The Balaban J connectivity index is 2.91. The van der Waals surface area contributed by atoms with Crippen molar-refractivity contribution in [2.75, 3.05) is 24.5 Å². The predicted octanol–water partition coefficient (Wildman–Crippen LogP) is -0.445. The molecule has 0 aromatic carbocycles. The van der Waals surface area contributed by atoms with Crippen LogP contribution < -0.4 is 16.2 Å². The van der Waals surface area contributed by atoms with Crippen molar-refractivity contribution in [3.63, 3.8) is 0 Å². The number of likely N-dealkylation sites (N-methyl/N-ethyl adjacent to an activating group) is 1. The number of hydrogen-bond acceptors (Lipinski definition) is 4. The zero-order valence-corrected chi connectivity index (χ0v) is 7.66. The smallest absolute Gasteiger partial charge is 0.290 e. The monoisotopic (exact) mass is 182 g/mol. The molecule has 0 bridgehead atoms. The number of H-pyrrole nitrogens is 1. The third-order valence-electron chi connectivity index (χ3n) is 1.77. The number of rotatable bonds is 4. The average Bonchev–Trinajstić information content (AvgIpc) is 2.16. The molecule has 0 aliphatic rings. The van der Waals surface area contributed by atoms with E-state index in [1.165, 1.54) is 6.20 Å². The third-order valence-corrected chi connectivity index (χ3v) is 1.77. The maximum atomic E-state index is 11.3. The highest BCUT2D eigenvalue weighted by Gasteiger charge is 2.07. The van der Waals surface area contributed by atoms with Crippen LogP contribution in [0.3, 0.4) is 0 Å². The van der Waals surface area contributed by atoms with E-state index < -0.39 is 0 Å². The molecule has 0 unspecified atom stereocenters. The Morgan fingerprint density at radius 3 is 3.00 bits per heavy atom. The molecule has 0 aliphatic carbocycles. The molecule has 1 aromatic rings. The Hall–Kier alpha value is -1.36. The van der Waals surface area contributed by atoms with Gasteiger partial charge in [0.25, 0.3) is 5.56 Å². The van der Waals surface area contributed by atoms with Gasteiger partial charge >= 0.3 is 0 Å². The third kappa shape index (κ3) is 2.29. The largest absolute Gasteiger partial charge is 0.351 e. The van der Waals surface area contributed by atoms with Crippen molar-refractivity contribution in [1.82, 2.24) is 9.97 Å². The fraction of sp³-hybridized carbons (Fsp3) is 0.500. The quantitative estimate of drug-likeness (QED) is 0.661. The van der Waals surface area contributed by atoms with Gasteiger partial charge in [-0.3, -0.25) is 4.79 Å². The highest BCUT2D eigenvalue weighted by Crippen LogP contribution is 1.99. The molecule has 0 amide bonds. The second-order valence-corrected chi connectivity index (χ2v) is 2.61. The first-order valence-electron chi connectivity index (χ1n) is 4.28. The lowest BCUT2D eigenvalue weighted by Crippen LogP contribution is -2.34. The Bertz CT molecular complexity index is 309. The van der Waals surface area contributed by atoms with Crippen LogP contribution >= 0.6 is 0 Å². The van der Waals surface area contributed by atoms with Gasteiger partial charge < -0.3 is 15.6 Å². The second kappa shape index (κ2) is 4.61. The van der Waals surface area contributed by atoms with Gasteiger partial charge in [-0.05, 0) is 6.92 Å². The van der Waals surface area contributed by atoms with Gasteiger partial charge in [0.15, 0.2) is 5.82 Å². The maximum Gasteiger partial charge on any atom is 0.290 e. The van der Waals surface area contributed by atoms with Crippen LogP contribution in [0.15, 0.2) is 17.2 Å². The van der Waals surface area contributed by atoms with Crippen molar-refractivity contribution in [2.24, 2.45) is 5.73 Å². The van der Waals surface area contributed by atoms with E-state index in [-0.39, 0.29) is 5.56 Å². The van der Waals surface area contributed by atoms with Crippen molar-refractivity contribution >= 4 is 5.82 Å². The SMILES string of the molecule is CCN(CCN)c1ncc[nH]c1=O. The summed E-state index contributed by atoms with van der Waals surface area (Å²) < 4.78 is 0. The molecule has 1 heterocycles. The Morgan fingerprint density at radius 1 is 1.69 bits per heavy atom. The van der Waals surface area contributed by atoms with Crippen molar-refractivity contribution in [1.29, 1.82) is 0 Å². The van der Waals surface area contributed by atoms with Gasteiger partial charge in [0, 0.05) is 32.0 Å². The zero-order chi connectivity index (χ0) is 9.68. The Labute approximate surface area is 76.6 Å². The summed E-state index contributed by atoms with van der Waals surface area (Å²) in [5.41, 5.74) is 5.24. The van der Waals surface area contributed by atoms with Crippen LogP contribution in [-0.4, -0.2) is 29.6 Å². The van der Waals surface area contributed by atoms with Gasteiger partial charge in [0.2, 0.25) is 0 Å². The number of hydrogen-bond donors (Lipinski definition) is 2. The topological polar surface area (TPSA) is 75.0 Å². The summed E-state index contributed by atoms with van der Waals surface area (Å²) in [5, 5.41) is 0. The van der Waals surface area contributed by atoms with Crippen molar-refractivity contribution < 1.29 is 0 Å². The summed E-state index contributed by atoms with van der Waals surface area (Å²) in [4.78, 5) is 19.7. The summed E-state index contributed by atoms with van der Waals surface area (Å²) >= 11 is 0. The Kier molecular flexibility index (Phi) is 3.45. The summed E-state index contributed by atoms with van der Waals surface area (Å²) in [7, 11) is 0. The predicted molar refractivity (Wildman–Crippen MR) is 51.8 cm³/mol. The standard InChI is InChI=1S/C8H14N4O/c1-2-12(6-3-9)7-8(13)11-5-4-10-7/h4-5H,2-3,6,9H2,1H3,(H,11,13). The lowest BCUT2D eigenvalue weighted by molar-refractivity contribution is 0.792. The van der Waals surface area contributed by atoms with Crippen LogP contribution in [0.25, 0.3) is 0 Å². The van der Waals surface area contributed by atoms with Gasteiger partial charge in [-0.2, -0.15) is 0 Å². The van der Waals surface area contributed by atoms with Crippen LogP contribution in [0.2, 0.25) is 0 Å². The molecular formula is C8H14N4O. The Morgan fingerprint density at radius 2 is 2.46 bits per heavy atom. The lowest BCUT2D eigenvalue weighted by atomic mass is 10.4. The van der Waals surface area contributed by atoms with Crippen LogP contribution in [0.1, 0.15) is 6.92 Å². The molecular weight excluding hydrogens is 168 g/mol. The summed E-state index contributed by atoms with van der Waals surface area (Å²) in [6.07, 6.45) is 3.08. The zero-order valence-electron chi connectivity index (χ0n) is 7.66. The van der Waals surface area contributed by atoms with E-state index in [1.54, 1.807) is 6.20 Å². The van der Waals surface area contributed by atoms with Gasteiger partial charge in [-0.1, -0.05) is 0 Å². The normalized spacial score (nSPS) is 10.0. The van der Waals surface area contributed by atoms with Crippen molar-refractivity contribution in [2.45, 2.75) is 6.92 Å². The molecule has 0 saturated heterocycles. The number of nitrogens with zero attached hydrogens (tertiary/aromatic N) is 2. The fourth-order valence-corrected chi connectivity index (χ4v) is 1.14. The maximum absolute atomic E-state index is 11.3. The highest BCUT2D eigenvalue weighted by atomic mass is 16.1. The fourth-order valence-electron chi connectivity index (χ4n) is 1.14. The van der Waals surface area contributed by atoms with Gasteiger partial charge in [0.05, 0.1) is 0 Å². The molecule has 0 saturated carbocycles. The molecule has 0 fully saturated rings. The van der Waals surface area contributed by atoms with Crippen LogP contribution in [0.4, 0.5) is 5.82 Å². The first kappa shape index (κ1) is 9.73. The minimum absolute atomic E-state index is 0.169. The molecule has 0 atom stereocenters. The highest BCUT2D eigenvalue weighted by molar-refractivity contribution is 5.34. The molecule has 13 heavy (non-hydrogen) atoms. The van der Waals surface area contributed by atoms with E-state index >= 15 is 0 Å². The van der Waals surface area contributed by atoms with Crippen molar-refractivity contribution in [3.8, 4) is 0 Å². The van der Waals surface area contributed by atoms with Crippen molar-refractivity contribution in [3.05, 3.63) is 22.7 Å². The molecule has 72 valence electrons. The van der Waals surface area contributed by atoms with E-state index in [2.05, 4.69) is 9.97 Å². The molecule has 3 N–H and O–H groups in total. The van der Waals surface area contributed by atoms with Crippen LogP contribution in [0, 0.1) is 0 Å². The number of aromatic amines is 1. The summed E-state index contributed by atoms with van der Waals surface area (Å²) in [5.74, 6) is 0.440. The molecule has 5 heteroatoms. The average molecular weight is 182 g/mol. The van der Waals surface area contributed by atoms with E-state index in [0.717, 1.165) is 6.54 Å². The minimum Gasteiger partial charge on any atom is -0.351 e. The van der Waals surface area contributed by atoms with Gasteiger partial charge in [0.1, 0.15) is 0 Å². The summed E-state index contributed by atoms with van der Waals surface area (Å²) in [6.45, 7) is 3.86. The lowest BCUT2D eigenvalue weighted by Gasteiger charge is -2.19. The number of aromatic nitrogens is 2. The number of nitrogens with one attached hydrogen (secondary N) is 1. The minimum atomic E-state index is -0.169. The van der Waals surface area contributed by atoms with E-state index in [9.17, 15) is 4.79 Å². The van der Waals surface area contributed by atoms with E-state index in [1.807, 2.05) is 11.8 Å². The molecule has 1 rings (SSSR count). The van der Waals surface area contributed by atoms with Crippen LogP contribution in [-0.2, 0) is 0 Å². The number of nitrogens with two attached hydrogens (primary N) is 1. The molecule has 1 aromatic heterocycles. The number of anilines is 1. The molecule has 0 aliphatic heterocycles. The van der Waals surface area contributed by atoms with E-state index in [4.69, 9.17) is 5.73 Å². The van der Waals surface area contributed by atoms with Gasteiger partial charge in [-0.25, -0.2) is 4.98 Å². The van der Waals surface area contributed by atoms with E-state index in [0.29, 0.717) is 18.9 Å².